The molecule has 10 aromatic rings. The lowest BCUT2D eigenvalue weighted by Gasteiger charge is -2.28. The van der Waals surface area contributed by atoms with Crippen LogP contribution in [0.15, 0.2) is 217 Å². The standard InChI is InChI=1S/C52H35NO/c1-3-15-36(16-4-1)40-21-13-23-43(34-40)53(44-24-14-22-41(35-44)46-26-10-9-25-45(46)38-18-5-2-6-19-38)49-32-31-47(42-30-29-37-17-7-8-20-39(37)33-42)52-51(49)48-27-11-12-28-50(48)54-52/h1-35H. The molecule has 2 nitrogen and oxygen atoms in total. The molecule has 0 atom stereocenters. The van der Waals surface area contributed by atoms with Gasteiger partial charge in [-0.05, 0) is 98.2 Å². The van der Waals surface area contributed by atoms with E-state index in [1.54, 1.807) is 0 Å². The summed E-state index contributed by atoms with van der Waals surface area (Å²) in [5.74, 6) is 0. The molecular weight excluding hydrogens is 655 g/mol. The lowest BCUT2D eigenvalue weighted by atomic mass is 9.94. The van der Waals surface area contributed by atoms with E-state index >= 15 is 0 Å². The molecule has 0 bridgehead atoms. The number of furan rings is 1. The van der Waals surface area contributed by atoms with Gasteiger partial charge in [0.2, 0.25) is 0 Å². The first kappa shape index (κ1) is 31.6. The van der Waals surface area contributed by atoms with Crippen LogP contribution in [-0.4, -0.2) is 0 Å². The van der Waals surface area contributed by atoms with Crippen LogP contribution in [0.5, 0.6) is 0 Å². The quantitative estimate of drug-likeness (QED) is 0.166. The average molecular weight is 690 g/mol. The van der Waals surface area contributed by atoms with Gasteiger partial charge in [0.1, 0.15) is 11.2 Å². The molecule has 0 saturated carbocycles. The Bertz CT molecular complexity index is 2940. The van der Waals surface area contributed by atoms with E-state index in [9.17, 15) is 0 Å². The maximum Gasteiger partial charge on any atom is 0.145 e. The van der Waals surface area contributed by atoms with Gasteiger partial charge in [-0.3, -0.25) is 0 Å². The van der Waals surface area contributed by atoms with E-state index in [4.69, 9.17) is 4.42 Å². The molecule has 1 aromatic heterocycles. The summed E-state index contributed by atoms with van der Waals surface area (Å²) in [5.41, 5.74) is 14.2. The summed E-state index contributed by atoms with van der Waals surface area (Å²) in [6, 6.07) is 75.8. The number of rotatable bonds is 7. The molecule has 0 unspecified atom stereocenters. The highest BCUT2D eigenvalue weighted by Crippen LogP contribution is 2.47. The number of benzene rings is 9. The van der Waals surface area contributed by atoms with Crippen molar-refractivity contribution in [2.24, 2.45) is 0 Å². The second-order valence-electron chi connectivity index (χ2n) is 13.7. The van der Waals surface area contributed by atoms with Gasteiger partial charge in [-0.15, -0.1) is 0 Å². The molecule has 0 amide bonds. The summed E-state index contributed by atoms with van der Waals surface area (Å²) in [7, 11) is 0. The van der Waals surface area contributed by atoms with Crippen molar-refractivity contribution in [3.05, 3.63) is 212 Å². The molecule has 2 heteroatoms. The van der Waals surface area contributed by atoms with Crippen molar-refractivity contribution in [2.75, 3.05) is 4.90 Å². The van der Waals surface area contributed by atoms with E-state index in [2.05, 4.69) is 217 Å². The third-order valence-corrected chi connectivity index (χ3v) is 10.4. The summed E-state index contributed by atoms with van der Waals surface area (Å²) in [6.45, 7) is 0. The Morgan fingerprint density at radius 2 is 0.907 bits per heavy atom. The number of hydrogen-bond acceptors (Lipinski definition) is 2. The summed E-state index contributed by atoms with van der Waals surface area (Å²) >= 11 is 0. The minimum absolute atomic E-state index is 0.866. The molecule has 0 N–H and O–H groups in total. The van der Waals surface area contributed by atoms with E-state index in [-0.39, 0.29) is 0 Å². The largest absolute Gasteiger partial charge is 0.455 e. The van der Waals surface area contributed by atoms with Gasteiger partial charge in [0, 0.05) is 22.3 Å². The van der Waals surface area contributed by atoms with Crippen molar-refractivity contribution < 1.29 is 4.42 Å². The predicted molar refractivity (Wildman–Crippen MR) is 228 cm³/mol. The van der Waals surface area contributed by atoms with Crippen LogP contribution in [0.3, 0.4) is 0 Å². The van der Waals surface area contributed by atoms with Crippen LogP contribution in [0.4, 0.5) is 17.1 Å². The van der Waals surface area contributed by atoms with Crippen LogP contribution >= 0.6 is 0 Å². The molecule has 0 aliphatic rings. The number of fused-ring (bicyclic) bond motifs is 4. The maximum atomic E-state index is 6.84. The predicted octanol–water partition coefficient (Wildman–Crippen LogP) is 14.9. The molecule has 9 aromatic carbocycles. The van der Waals surface area contributed by atoms with E-state index in [1.165, 1.54) is 33.0 Å². The maximum absolute atomic E-state index is 6.84. The number of nitrogens with zero attached hydrogens (tertiary/aromatic N) is 1. The first-order valence-electron chi connectivity index (χ1n) is 18.4. The summed E-state index contributed by atoms with van der Waals surface area (Å²) < 4.78 is 6.84. The molecule has 0 radical (unpaired) electrons. The van der Waals surface area contributed by atoms with E-state index < -0.39 is 0 Å². The molecule has 1 heterocycles. The van der Waals surface area contributed by atoms with E-state index in [1.807, 2.05) is 0 Å². The molecule has 254 valence electrons. The molecule has 0 spiro atoms. The third kappa shape index (κ3) is 5.62. The zero-order valence-electron chi connectivity index (χ0n) is 29.6. The van der Waals surface area contributed by atoms with Gasteiger partial charge < -0.3 is 9.32 Å². The van der Waals surface area contributed by atoms with Crippen LogP contribution in [0.25, 0.3) is 77.2 Å². The van der Waals surface area contributed by atoms with Crippen LogP contribution in [0.1, 0.15) is 0 Å². The highest BCUT2D eigenvalue weighted by molar-refractivity contribution is 6.17. The molecule has 0 saturated heterocycles. The lowest BCUT2D eigenvalue weighted by Crippen LogP contribution is -2.11. The lowest BCUT2D eigenvalue weighted by molar-refractivity contribution is 0.670. The second-order valence-corrected chi connectivity index (χ2v) is 13.7. The van der Waals surface area contributed by atoms with Crippen molar-refractivity contribution in [3.63, 3.8) is 0 Å². The molecule has 54 heavy (non-hydrogen) atoms. The van der Waals surface area contributed by atoms with Crippen LogP contribution in [0.2, 0.25) is 0 Å². The van der Waals surface area contributed by atoms with Crippen molar-refractivity contribution in [3.8, 4) is 44.5 Å². The van der Waals surface area contributed by atoms with Crippen LogP contribution in [0, 0.1) is 0 Å². The zero-order valence-corrected chi connectivity index (χ0v) is 29.6. The van der Waals surface area contributed by atoms with Crippen LogP contribution in [-0.2, 0) is 0 Å². The van der Waals surface area contributed by atoms with Crippen molar-refractivity contribution >= 4 is 49.8 Å². The van der Waals surface area contributed by atoms with E-state index in [0.29, 0.717) is 0 Å². The van der Waals surface area contributed by atoms with Gasteiger partial charge in [0.15, 0.2) is 0 Å². The van der Waals surface area contributed by atoms with Gasteiger partial charge in [-0.25, -0.2) is 0 Å². The number of para-hydroxylation sites is 1. The fraction of sp³-hybridized carbons (Fsp3) is 0. The normalized spacial score (nSPS) is 11.3. The Labute approximate surface area is 314 Å². The minimum atomic E-state index is 0.866. The Kier molecular flexibility index (Phi) is 7.85. The fourth-order valence-electron chi connectivity index (χ4n) is 7.88. The first-order valence-corrected chi connectivity index (χ1v) is 18.4. The molecule has 10 rings (SSSR count). The smallest absolute Gasteiger partial charge is 0.145 e. The Morgan fingerprint density at radius 3 is 1.69 bits per heavy atom. The third-order valence-electron chi connectivity index (χ3n) is 10.4. The number of hydrogen-bond donors (Lipinski definition) is 0. The van der Waals surface area contributed by atoms with E-state index in [0.717, 1.165) is 61.3 Å². The molecule has 0 aliphatic heterocycles. The average Bonchev–Trinajstić information content (AvgIpc) is 3.65. The van der Waals surface area contributed by atoms with Gasteiger partial charge in [0.25, 0.3) is 0 Å². The summed E-state index contributed by atoms with van der Waals surface area (Å²) in [5, 5.41) is 4.59. The fourth-order valence-corrected chi connectivity index (χ4v) is 7.88. The van der Waals surface area contributed by atoms with Crippen molar-refractivity contribution in [1.29, 1.82) is 0 Å². The molecule has 0 fully saturated rings. The highest BCUT2D eigenvalue weighted by Gasteiger charge is 2.23. The molecular formula is C52H35NO. The summed E-state index contributed by atoms with van der Waals surface area (Å²) in [4.78, 5) is 2.40. The van der Waals surface area contributed by atoms with Gasteiger partial charge >= 0.3 is 0 Å². The van der Waals surface area contributed by atoms with Crippen LogP contribution < -0.4 is 4.90 Å². The topological polar surface area (TPSA) is 16.4 Å². The molecule has 0 aliphatic carbocycles. The zero-order chi connectivity index (χ0) is 35.8. The van der Waals surface area contributed by atoms with Crippen molar-refractivity contribution in [1.82, 2.24) is 0 Å². The number of anilines is 3. The second kappa shape index (κ2) is 13.4. The highest BCUT2D eigenvalue weighted by atomic mass is 16.3. The minimum Gasteiger partial charge on any atom is -0.455 e. The Morgan fingerprint density at radius 1 is 0.333 bits per heavy atom. The van der Waals surface area contributed by atoms with Gasteiger partial charge in [-0.2, -0.15) is 0 Å². The summed E-state index contributed by atoms with van der Waals surface area (Å²) in [6.07, 6.45) is 0. The van der Waals surface area contributed by atoms with Gasteiger partial charge in [-0.1, -0.05) is 164 Å². The Balaban J connectivity index is 1.22. The first-order chi connectivity index (χ1) is 26.8. The van der Waals surface area contributed by atoms with Gasteiger partial charge in [0.05, 0.1) is 11.1 Å². The Hall–Kier alpha value is -7.16. The van der Waals surface area contributed by atoms with Crippen molar-refractivity contribution in [2.45, 2.75) is 0 Å². The SMILES string of the molecule is c1ccc(-c2cccc(N(c3cccc(-c4ccccc4-c4ccccc4)c3)c3ccc(-c4ccc5ccccc5c4)c4oc5ccccc5c34)c2)cc1. The monoisotopic (exact) mass is 689 g/mol.